The van der Waals surface area contributed by atoms with Crippen LogP contribution in [0.15, 0.2) is 30.3 Å². The van der Waals surface area contributed by atoms with E-state index in [1.165, 1.54) is 0 Å². The molecule has 0 saturated heterocycles. The quantitative estimate of drug-likeness (QED) is 0.900. The predicted molar refractivity (Wildman–Crippen MR) is 72.5 cm³/mol. The second kappa shape index (κ2) is 5.22. The van der Waals surface area contributed by atoms with Gasteiger partial charge in [0.1, 0.15) is 6.07 Å². The summed E-state index contributed by atoms with van der Waals surface area (Å²) in [5, 5.41) is 12.4. The van der Waals surface area contributed by atoms with Crippen LogP contribution in [0.5, 0.6) is 0 Å². The van der Waals surface area contributed by atoms with Crippen molar-refractivity contribution in [3.63, 3.8) is 0 Å². The molecule has 2 nitrogen and oxygen atoms in total. The van der Waals surface area contributed by atoms with Gasteiger partial charge in [-0.25, -0.2) is 0 Å². The molecule has 0 radical (unpaired) electrons. The number of nitriles is 1. The molecule has 0 aliphatic rings. The maximum atomic E-state index is 9.09. The highest BCUT2D eigenvalue weighted by Crippen LogP contribution is 2.24. The fourth-order valence-corrected chi connectivity index (χ4v) is 2.62. The normalized spacial score (nSPS) is 9.94. The number of hydrogen-bond donors (Lipinski definition) is 1. The monoisotopic (exact) mass is 262 g/mol. The van der Waals surface area contributed by atoms with Crippen molar-refractivity contribution in [2.45, 2.75) is 13.5 Å². The number of rotatable bonds is 3. The minimum Gasteiger partial charge on any atom is -0.379 e. The van der Waals surface area contributed by atoms with Gasteiger partial charge in [0.15, 0.2) is 0 Å². The topological polar surface area (TPSA) is 35.8 Å². The van der Waals surface area contributed by atoms with Crippen LogP contribution < -0.4 is 5.32 Å². The van der Waals surface area contributed by atoms with Crippen molar-refractivity contribution in [2.24, 2.45) is 0 Å². The van der Waals surface area contributed by atoms with Gasteiger partial charge in [0.25, 0.3) is 0 Å². The largest absolute Gasteiger partial charge is 0.379 e. The van der Waals surface area contributed by atoms with E-state index in [0.29, 0.717) is 12.1 Å². The molecule has 17 heavy (non-hydrogen) atoms. The zero-order valence-corrected chi connectivity index (χ0v) is 10.9. The molecule has 0 bridgehead atoms. The van der Waals surface area contributed by atoms with Gasteiger partial charge in [-0.05, 0) is 30.7 Å². The van der Waals surface area contributed by atoms with E-state index in [4.69, 9.17) is 16.9 Å². The molecule has 2 rings (SSSR count). The van der Waals surface area contributed by atoms with E-state index in [-0.39, 0.29) is 0 Å². The van der Waals surface area contributed by atoms with Gasteiger partial charge in [-0.1, -0.05) is 23.7 Å². The van der Waals surface area contributed by atoms with Crippen molar-refractivity contribution >= 4 is 28.6 Å². The fourth-order valence-electron chi connectivity index (χ4n) is 1.59. The molecular formula is C13H11ClN2S. The second-order valence-corrected chi connectivity index (χ2v) is 5.47. The molecule has 0 amide bonds. The fraction of sp³-hybridized carbons (Fsp3) is 0.154. The molecule has 0 fully saturated rings. The van der Waals surface area contributed by atoms with E-state index in [0.717, 1.165) is 20.5 Å². The van der Waals surface area contributed by atoms with Crippen molar-refractivity contribution in [3.8, 4) is 6.07 Å². The van der Waals surface area contributed by atoms with Crippen LogP contribution in [-0.4, -0.2) is 0 Å². The highest BCUT2D eigenvalue weighted by Gasteiger charge is 2.05. The first kappa shape index (κ1) is 12.0. The average Bonchev–Trinajstić information content (AvgIpc) is 2.72. The van der Waals surface area contributed by atoms with Crippen LogP contribution in [0.3, 0.4) is 0 Å². The summed E-state index contributed by atoms with van der Waals surface area (Å²) in [5.41, 5.74) is 2.56. The molecule has 0 saturated carbocycles. The number of halogens is 1. The molecular weight excluding hydrogens is 252 g/mol. The van der Waals surface area contributed by atoms with Gasteiger partial charge in [0, 0.05) is 11.4 Å². The first-order valence-corrected chi connectivity index (χ1v) is 6.38. The maximum absolute atomic E-state index is 9.09. The molecule has 1 N–H and O–H groups in total. The van der Waals surface area contributed by atoms with Crippen LogP contribution in [0.4, 0.5) is 5.69 Å². The highest BCUT2D eigenvalue weighted by molar-refractivity contribution is 7.16. The third-order valence-corrected chi connectivity index (χ3v) is 3.70. The molecule has 0 atom stereocenters. The molecule has 0 unspecified atom stereocenters. The lowest BCUT2D eigenvalue weighted by Crippen LogP contribution is -2.00. The number of hydrogen-bond acceptors (Lipinski definition) is 3. The SMILES string of the molecule is Cc1cccc(NCc2ccc(Cl)s2)c1C#N. The van der Waals surface area contributed by atoms with Crippen LogP contribution in [0.25, 0.3) is 0 Å². The zero-order chi connectivity index (χ0) is 12.3. The second-order valence-electron chi connectivity index (χ2n) is 3.67. The summed E-state index contributed by atoms with van der Waals surface area (Å²) >= 11 is 7.41. The minimum absolute atomic E-state index is 0.690. The van der Waals surface area contributed by atoms with Crippen LogP contribution >= 0.6 is 22.9 Å². The van der Waals surface area contributed by atoms with E-state index >= 15 is 0 Å². The van der Waals surface area contributed by atoms with E-state index in [2.05, 4.69) is 11.4 Å². The van der Waals surface area contributed by atoms with E-state index in [1.54, 1.807) is 11.3 Å². The Labute approximate surface area is 109 Å². The van der Waals surface area contributed by atoms with Crippen molar-refractivity contribution in [1.82, 2.24) is 0 Å². The maximum Gasteiger partial charge on any atom is 0.102 e. The lowest BCUT2D eigenvalue weighted by atomic mass is 10.1. The van der Waals surface area contributed by atoms with Gasteiger partial charge in [-0.3, -0.25) is 0 Å². The predicted octanol–water partition coefficient (Wildman–Crippen LogP) is 4.19. The first-order chi connectivity index (χ1) is 8.20. The number of aryl methyl sites for hydroxylation is 1. The van der Waals surface area contributed by atoms with Crippen LogP contribution in [0.2, 0.25) is 4.34 Å². The first-order valence-electron chi connectivity index (χ1n) is 5.18. The third kappa shape index (κ3) is 2.79. The molecule has 4 heteroatoms. The standard InChI is InChI=1S/C13H11ClN2S/c1-9-3-2-4-12(11(9)7-15)16-8-10-5-6-13(14)17-10/h2-6,16H,8H2,1H3. The Hall–Kier alpha value is -1.50. The van der Waals surface area contributed by atoms with Crippen molar-refractivity contribution < 1.29 is 0 Å². The molecule has 1 heterocycles. The van der Waals surface area contributed by atoms with E-state index < -0.39 is 0 Å². The Morgan fingerprint density at radius 3 is 2.82 bits per heavy atom. The zero-order valence-electron chi connectivity index (χ0n) is 9.33. The van der Waals surface area contributed by atoms with Gasteiger partial charge in [0.2, 0.25) is 0 Å². The molecule has 2 aromatic rings. The van der Waals surface area contributed by atoms with E-state index in [1.807, 2.05) is 37.3 Å². The molecule has 1 aromatic carbocycles. The molecule has 0 aliphatic heterocycles. The smallest absolute Gasteiger partial charge is 0.102 e. The molecule has 86 valence electrons. The highest BCUT2D eigenvalue weighted by atomic mass is 35.5. The number of nitrogens with one attached hydrogen (secondary N) is 1. The van der Waals surface area contributed by atoms with Crippen LogP contribution in [-0.2, 0) is 6.54 Å². The van der Waals surface area contributed by atoms with Crippen LogP contribution in [0.1, 0.15) is 16.0 Å². The third-order valence-electron chi connectivity index (χ3n) is 2.47. The lowest BCUT2D eigenvalue weighted by molar-refractivity contribution is 1.18. The summed E-state index contributed by atoms with van der Waals surface area (Å²) in [4.78, 5) is 1.15. The van der Waals surface area contributed by atoms with E-state index in [9.17, 15) is 0 Å². The number of anilines is 1. The molecule has 0 aliphatic carbocycles. The van der Waals surface area contributed by atoms with Crippen LogP contribution in [0, 0.1) is 18.3 Å². The van der Waals surface area contributed by atoms with Gasteiger partial charge in [0.05, 0.1) is 15.6 Å². The Kier molecular flexibility index (Phi) is 3.68. The molecule has 0 spiro atoms. The van der Waals surface area contributed by atoms with Gasteiger partial charge < -0.3 is 5.32 Å². The summed E-state index contributed by atoms with van der Waals surface area (Å²) in [6.07, 6.45) is 0. The number of benzene rings is 1. The summed E-state index contributed by atoms with van der Waals surface area (Å²) in [6.45, 7) is 2.63. The van der Waals surface area contributed by atoms with Crippen molar-refractivity contribution in [2.75, 3.05) is 5.32 Å². The van der Waals surface area contributed by atoms with Crippen molar-refractivity contribution in [3.05, 3.63) is 50.7 Å². The van der Waals surface area contributed by atoms with Gasteiger partial charge >= 0.3 is 0 Å². The van der Waals surface area contributed by atoms with Gasteiger partial charge in [-0.2, -0.15) is 5.26 Å². The summed E-state index contributed by atoms with van der Waals surface area (Å²) in [7, 11) is 0. The summed E-state index contributed by atoms with van der Waals surface area (Å²) in [5.74, 6) is 0. The number of thiophene rings is 1. The number of nitrogens with zero attached hydrogens (tertiary/aromatic N) is 1. The minimum atomic E-state index is 0.690. The Bertz CT molecular complexity index is 569. The van der Waals surface area contributed by atoms with Gasteiger partial charge in [-0.15, -0.1) is 11.3 Å². The van der Waals surface area contributed by atoms with Crippen molar-refractivity contribution in [1.29, 1.82) is 5.26 Å². The summed E-state index contributed by atoms with van der Waals surface area (Å²) < 4.78 is 0.784. The Balaban J connectivity index is 2.14. The summed E-state index contributed by atoms with van der Waals surface area (Å²) in [6, 6.07) is 11.9. The lowest BCUT2D eigenvalue weighted by Gasteiger charge is -2.08. The Morgan fingerprint density at radius 2 is 2.18 bits per heavy atom. The molecule has 1 aromatic heterocycles. The Morgan fingerprint density at radius 1 is 1.35 bits per heavy atom. The average molecular weight is 263 g/mol.